The Morgan fingerprint density at radius 3 is 2.48 bits per heavy atom. The van der Waals surface area contributed by atoms with Gasteiger partial charge in [0.05, 0.1) is 17.1 Å². The largest absolute Gasteiger partial charge is 0.497 e. The lowest BCUT2D eigenvalue weighted by Gasteiger charge is -2.07. The van der Waals surface area contributed by atoms with Gasteiger partial charge < -0.3 is 10.1 Å². The maximum absolute atomic E-state index is 10.6. The average Bonchev–Trinajstić information content (AvgIpc) is 2.49. The van der Waals surface area contributed by atoms with Gasteiger partial charge in [-0.2, -0.15) is 0 Å². The zero-order valence-corrected chi connectivity index (χ0v) is 12.3. The van der Waals surface area contributed by atoms with Gasteiger partial charge in [-0.1, -0.05) is 23.7 Å². The fourth-order valence-corrected chi connectivity index (χ4v) is 2.12. The summed E-state index contributed by atoms with van der Waals surface area (Å²) in [5.74, 6) is 0.817. The van der Waals surface area contributed by atoms with Gasteiger partial charge in [0.15, 0.2) is 0 Å². The summed E-state index contributed by atoms with van der Waals surface area (Å²) >= 11 is 6.03. The highest BCUT2D eigenvalue weighted by Crippen LogP contribution is 2.22. The third kappa shape index (κ3) is 4.18. The lowest BCUT2D eigenvalue weighted by molar-refractivity contribution is -0.384. The van der Waals surface area contributed by atoms with E-state index in [1.807, 2.05) is 24.3 Å². The van der Waals surface area contributed by atoms with Crippen LogP contribution in [0.5, 0.6) is 5.75 Å². The molecule has 6 heteroatoms. The molecule has 0 aromatic heterocycles. The summed E-state index contributed by atoms with van der Waals surface area (Å²) in [6.45, 7) is 1.22. The second-order valence-electron chi connectivity index (χ2n) is 4.48. The number of nitrogens with zero attached hydrogens (tertiary/aromatic N) is 1. The van der Waals surface area contributed by atoms with Crippen LogP contribution >= 0.6 is 11.6 Å². The first-order valence-corrected chi connectivity index (χ1v) is 6.74. The minimum Gasteiger partial charge on any atom is -0.497 e. The van der Waals surface area contributed by atoms with Gasteiger partial charge in [0.1, 0.15) is 5.75 Å². The molecule has 0 saturated heterocycles. The third-order valence-corrected chi connectivity index (χ3v) is 3.40. The Labute approximate surface area is 127 Å². The summed E-state index contributed by atoms with van der Waals surface area (Å²) in [5, 5.41) is 14.3. The van der Waals surface area contributed by atoms with E-state index >= 15 is 0 Å². The van der Waals surface area contributed by atoms with E-state index in [0.29, 0.717) is 18.1 Å². The Morgan fingerprint density at radius 1 is 1.19 bits per heavy atom. The zero-order chi connectivity index (χ0) is 15.2. The second kappa shape index (κ2) is 7.06. The van der Waals surface area contributed by atoms with E-state index in [2.05, 4.69) is 5.32 Å². The van der Waals surface area contributed by atoms with Crippen LogP contribution in [0, 0.1) is 10.1 Å². The quantitative estimate of drug-likeness (QED) is 0.655. The Kier molecular flexibility index (Phi) is 5.14. The first-order valence-electron chi connectivity index (χ1n) is 6.36. The summed E-state index contributed by atoms with van der Waals surface area (Å²) < 4.78 is 5.10. The highest BCUT2D eigenvalue weighted by Gasteiger charge is 2.08. The molecule has 0 aliphatic heterocycles. The highest BCUT2D eigenvalue weighted by molar-refractivity contribution is 6.31. The van der Waals surface area contributed by atoms with Gasteiger partial charge in [-0.25, -0.2) is 0 Å². The van der Waals surface area contributed by atoms with Gasteiger partial charge in [-0.05, 0) is 29.3 Å². The summed E-state index contributed by atoms with van der Waals surface area (Å²) in [5.41, 5.74) is 1.95. The molecular weight excluding hydrogens is 292 g/mol. The lowest BCUT2D eigenvalue weighted by Crippen LogP contribution is -2.13. The van der Waals surface area contributed by atoms with E-state index in [9.17, 15) is 10.1 Å². The number of rotatable bonds is 6. The topological polar surface area (TPSA) is 64.4 Å². The van der Waals surface area contributed by atoms with E-state index in [1.54, 1.807) is 13.2 Å². The molecule has 5 nitrogen and oxygen atoms in total. The molecule has 0 bridgehead atoms. The normalized spacial score (nSPS) is 10.4. The zero-order valence-electron chi connectivity index (χ0n) is 11.5. The van der Waals surface area contributed by atoms with Crippen LogP contribution in [0.4, 0.5) is 5.69 Å². The number of methoxy groups -OCH3 is 1. The maximum Gasteiger partial charge on any atom is 0.270 e. The van der Waals surface area contributed by atoms with Gasteiger partial charge >= 0.3 is 0 Å². The number of benzene rings is 2. The molecule has 110 valence electrons. The fourth-order valence-electron chi connectivity index (χ4n) is 1.88. The molecule has 0 fully saturated rings. The number of nitrogens with one attached hydrogen (secondary N) is 1. The molecule has 2 aromatic carbocycles. The van der Waals surface area contributed by atoms with Crippen molar-refractivity contribution in [3.63, 3.8) is 0 Å². The van der Waals surface area contributed by atoms with Crippen molar-refractivity contribution in [2.75, 3.05) is 7.11 Å². The van der Waals surface area contributed by atoms with E-state index in [1.165, 1.54) is 12.1 Å². The van der Waals surface area contributed by atoms with E-state index in [4.69, 9.17) is 16.3 Å². The van der Waals surface area contributed by atoms with Crippen molar-refractivity contribution >= 4 is 17.3 Å². The van der Waals surface area contributed by atoms with Crippen molar-refractivity contribution in [1.82, 2.24) is 5.32 Å². The molecule has 0 aliphatic rings. The van der Waals surface area contributed by atoms with Crippen LogP contribution in [0.25, 0.3) is 0 Å². The first kappa shape index (κ1) is 15.3. The van der Waals surface area contributed by atoms with Crippen LogP contribution in [0.1, 0.15) is 11.1 Å². The third-order valence-electron chi connectivity index (χ3n) is 3.05. The number of hydrogen-bond acceptors (Lipinski definition) is 4. The van der Waals surface area contributed by atoms with Crippen molar-refractivity contribution < 1.29 is 9.66 Å². The molecule has 0 spiro atoms. The number of ether oxygens (including phenoxy) is 1. The molecule has 0 heterocycles. The number of non-ortho nitro benzene ring substituents is 1. The standard InChI is InChI=1S/C15H15ClN2O3/c1-21-14-6-2-11(3-7-14)9-17-10-12-4-5-13(18(19)20)8-15(12)16/h2-8,17H,9-10H2,1H3. The number of halogens is 1. The predicted molar refractivity (Wildman–Crippen MR) is 81.6 cm³/mol. The van der Waals surface area contributed by atoms with Crippen LogP contribution in [0.15, 0.2) is 42.5 Å². The van der Waals surface area contributed by atoms with Gasteiger partial charge in [0.25, 0.3) is 5.69 Å². The van der Waals surface area contributed by atoms with Gasteiger partial charge in [-0.15, -0.1) is 0 Å². The summed E-state index contributed by atoms with van der Waals surface area (Å²) in [4.78, 5) is 10.2. The van der Waals surface area contributed by atoms with Crippen molar-refractivity contribution in [3.8, 4) is 5.75 Å². The van der Waals surface area contributed by atoms with Gasteiger partial charge in [0.2, 0.25) is 0 Å². The van der Waals surface area contributed by atoms with E-state index < -0.39 is 4.92 Å². The monoisotopic (exact) mass is 306 g/mol. The van der Waals surface area contributed by atoms with Gasteiger partial charge in [-0.3, -0.25) is 10.1 Å². The number of hydrogen-bond donors (Lipinski definition) is 1. The van der Waals surface area contributed by atoms with E-state index in [0.717, 1.165) is 16.9 Å². The molecule has 0 radical (unpaired) electrons. The molecule has 0 amide bonds. The van der Waals surface area contributed by atoms with Crippen LogP contribution in [0.3, 0.4) is 0 Å². The molecular formula is C15H15ClN2O3. The summed E-state index contributed by atoms with van der Waals surface area (Å²) in [6, 6.07) is 12.2. The summed E-state index contributed by atoms with van der Waals surface area (Å²) in [7, 11) is 1.63. The van der Waals surface area contributed by atoms with Crippen molar-refractivity contribution in [2.24, 2.45) is 0 Å². The summed E-state index contributed by atoms with van der Waals surface area (Å²) in [6.07, 6.45) is 0. The first-order chi connectivity index (χ1) is 10.1. The molecule has 21 heavy (non-hydrogen) atoms. The minimum atomic E-state index is -0.458. The Bertz CT molecular complexity index is 629. The highest BCUT2D eigenvalue weighted by atomic mass is 35.5. The maximum atomic E-state index is 10.6. The van der Waals surface area contributed by atoms with Crippen LogP contribution in [-0.2, 0) is 13.1 Å². The molecule has 1 N–H and O–H groups in total. The molecule has 0 atom stereocenters. The predicted octanol–water partition coefficient (Wildman–Crippen LogP) is 3.55. The van der Waals surface area contributed by atoms with E-state index in [-0.39, 0.29) is 5.69 Å². The Hall–Kier alpha value is -2.11. The smallest absolute Gasteiger partial charge is 0.270 e. The molecule has 0 unspecified atom stereocenters. The molecule has 0 aliphatic carbocycles. The SMILES string of the molecule is COc1ccc(CNCc2ccc([N+](=O)[O-])cc2Cl)cc1. The number of nitro benzene ring substituents is 1. The lowest BCUT2D eigenvalue weighted by atomic mass is 10.2. The minimum absolute atomic E-state index is 0.00101. The van der Waals surface area contributed by atoms with Crippen LogP contribution in [-0.4, -0.2) is 12.0 Å². The fraction of sp³-hybridized carbons (Fsp3) is 0.200. The Balaban J connectivity index is 1.92. The molecule has 0 saturated carbocycles. The number of nitro groups is 1. The average molecular weight is 307 g/mol. The van der Waals surface area contributed by atoms with Gasteiger partial charge in [0, 0.05) is 25.2 Å². The van der Waals surface area contributed by atoms with Crippen LogP contribution in [0.2, 0.25) is 5.02 Å². The molecule has 2 rings (SSSR count). The van der Waals surface area contributed by atoms with Crippen molar-refractivity contribution in [1.29, 1.82) is 0 Å². The Morgan fingerprint density at radius 2 is 1.90 bits per heavy atom. The molecule has 2 aromatic rings. The van der Waals surface area contributed by atoms with Crippen molar-refractivity contribution in [3.05, 3.63) is 68.7 Å². The second-order valence-corrected chi connectivity index (χ2v) is 4.89. The van der Waals surface area contributed by atoms with Crippen molar-refractivity contribution in [2.45, 2.75) is 13.1 Å². The van der Waals surface area contributed by atoms with Crippen LogP contribution < -0.4 is 10.1 Å².